The second-order valence-corrected chi connectivity index (χ2v) is 4.87. The molecule has 2 aliphatic carbocycles. The highest BCUT2D eigenvalue weighted by Crippen LogP contribution is 2.52. The summed E-state index contributed by atoms with van der Waals surface area (Å²) in [5.41, 5.74) is -0.376. The van der Waals surface area contributed by atoms with Crippen LogP contribution in [-0.2, 0) is 9.53 Å². The molecule has 0 aromatic carbocycles. The summed E-state index contributed by atoms with van der Waals surface area (Å²) >= 11 is 0. The van der Waals surface area contributed by atoms with Crippen LogP contribution in [0.5, 0.6) is 0 Å². The molecule has 0 aromatic rings. The number of rotatable bonds is 4. The second-order valence-electron chi connectivity index (χ2n) is 4.87. The molecule has 14 heavy (non-hydrogen) atoms. The van der Waals surface area contributed by atoms with Crippen LogP contribution in [0.2, 0.25) is 0 Å². The van der Waals surface area contributed by atoms with Gasteiger partial charge in [-0.1, -0.05) is 6.92 Å². The Hall–Kier alpha value is -0.370. The fourth-order valence-electron chi connectivity index (χ4n) is 3.27. The number of ether oxygens (including phenoxy) is 1. The summed E-state index contributed by atoms with van der Waals surface area (Å²) in [6.45, 7) is 4.54. The van der Waals surface area contributed by atoms with Gasteiger partial charge >= 0.3 is 0 Å². The summed E-state index contributed by atoms with van der Waals surface area (Å²) in [4.78, 5) is 11.7. The van der Waals surface area contributed by atoms with Crippen LogP contribution < -0.4 is 0 Å². The molecule has 2 aliphatic rings. The van der Waals surface area contributed by atoms with Crippen molar-refractivity contribution in [1.29, 1.82) is 0 Å². The maximum atomic E-state index is 11.7. The number of hydrogen-bond acceptors (Lipinski definition) is 2. The number of ketones is 1. The van der Waals surface area contributed by atoms with Crippen LogP contribution in [0.25, 0.3) is 0 Å². The summed E-state index contributed by atoms with van der Waals surface area (Å²) in [5.74, 6) is 1.55. The van der Waals surface area contributed by atoms with Crippen molar-refractivity contribution in [2.24, 2.45) is 11.8 Å². The van der Waals surface area contributed by atoms with Crippen molar-refractivity contribution in [2.45, 2.75) is 51.6 Å². The Morgan fingerprint density at radius 3 is 2.71 bits per heavy atom. The van der Waals surface area contributed by atoms with Gasteiger partial charge in [-0.2, -0.15) is 0 Å². The molecule has 2 bridgehead atoms. The summed E-state index contributed by atoms with van der Waals surface area (Å²) in [5, 5.41) is 0. The van der Waals surface area contributed by atoms with E-state index in [-0.39, 0.29) is 11.4 Å². The summed E-state index contributed by atoms with van der Waals surface area (Å²) in [6, 6.07) is 0. The lowest BCUT2D eigenvalue weighted by Gasteiger charge is -2.35. The molecule has 0 aliphatic heterocycles. The third kappa shape index (κ3) is 1.40. The molecule has 3 atom stereocenters. The Bertz CT molecular complexity index is 236. The van der Waals surface area contributed by atoms with Crippen LogP contribution in [0.4, 0.5) is 0 Å². The molecule has 0 aromatic heterocycles. The number of carbonyl (C=O) groups excluding carboxylic acids is 1. The lowest BCUT2D eigenvalue weighted by atomic mass is 9.81. The standard InChI is InChI=1S/C12H20O2/c1-3-6-14-12(9(2)13)8-10-4-5-11(12)7-10/h10-11H,3-8H2,1-2H3. The minimum absolute atomic E-state index is 0.262. The molecule has 0 amide bonds. The molecule has 2 saturated carbocycles. The molecule has 0 heterocycles. The van der Waals surface area contributed by atoms with Gasteiger partial charge in [-0.15, -0.1) is 0 Å². The van der Waals surface area contributed by atoms with Gasteiger partial charge in [-0.05, 0) is 50.9 Å². The topological polar surface area (TPSA) is 26.3 Å². The van der Waals surface area contributed by atoms with Gasteiger partial charge in [-0.3, -0.25) is 4.79 Å². The average molecular weight is 196 g/mol. The lowest BCUT2D eigenvalue weighted by Crippen LogP contribution is -2.45. The monoisotopic (exact) mass is 196 g/mol. The molecular weight excluding hydrogens is 176 g/mol. The van der Waals surface area contributed by atoms with Crippen LogP contribution in [0, 0.1) is 11.8 Å². The summed E-state index contributed by atoms with van der Waals surface area (Å²) < 4.78 is 5.89. The van der Waals surface area contributed by atoms with E-state index in [1.165, 1.54) is 19.3 Å². The highest BCUT2D eigenvalue weighted by Gasteiger charge is 2.54. The Labute approximate surface area is 86.0 Å². The van der Waals surface area contributed by atoms with E-state index in [1.54, 1.807) is 6.92 Å². The van der Waals surface area contributed by atoms with Crippen molar-refractivity contribution in [3.63, 3.8) is 0 Å². The van der Waals surface area contributed by atoms with Gasteiger partial charge in [0.2, 0.25) is 0 Å². The van der Waals surface area contributed by atoms with Gasteiger partial charge in [0.15, 0.2) is 5.78 Å². The molecular formula is C12H20O2. The van der Waals surface area contributed by atoms with E-state index in [1.807, 2.05) is 0 Å². The van der Waals surface area contributed by atoms with Crippen LogP contribution in [0.15, 0.2) is 0 Å². The van der Waals surface area contributed by atoms with Crippen molar-refractivity contribution in [2.75, 3.05) is 6.61 Å². The summed E-state index contributed by atoms with van der Waals surface area (Å²) in [7, 11) is 0. The predicted molar refractivity (Wildman–Crippen MR) is 55.1 cm³/mol. The fraction of sp³-hybridized carbons (Fsp3) is 0.917. The maximum absolute atomic E-state index is 11.7. The molecule has 2 heteroatoms. The Balaban J connectivity index is 2.11. The van der Waals surface area contributed by atoms with E-state index >= 15 is 0 Å². The predicted octanol–water partition coefficient (Wildman–Crippen LogP) is 2.56. The van der Waals surface area contributed by atoms with E-state index in [4.69, 9.17) is 4.74 Å². The number of hydrogen-bond donors (Lipinski definition) is 0. The van der Waals surface area contributed by atoms with Crippen molar-refractivity contribution >= 4 is 5.78 Å². The van der Waals surface area contributed by atoms with Crippen LogP contribution in [0.1, 0.15) is 46.0 Å². The smallest absolute Gasteiger partial charge is 0.161 e. The molecule has 80 valence electrons. The molecule has 0 N–H and O–H groups in total. The Kier molecular flexibility index (Phi) is 2.65. The van der Waals surface area contributed by atoms with Crippen LogP contribution >= 0.6 is 0 Å². The number of fused-ring (bicyclic) bond motifs is 2. The maximum Gasteiger partial charge on any atom is 0.161 e. The molecule has 2 nitrogen and oxygen atoms in total. The highest BCUT2D eigenvalue weighted by molar-refractivity contribution is 5.86. The van der Waals surface area contributed by atoms with Gasteiger partial charge < -0.3 is 4.74 Å². The number of carbonyl (C=O) groups is 1. The van der Waals surface area contributed by atoms with Crippen LogP contribution in [0.3, 0.4) is 0 Å². The zero-order valence-electron chi connectivity index (χ0n) is 9.21. The van der Waals surface area contributed by atoms with E-state index in [9.17, 15) is 4.79 Å². The third-order valence-corrected chi connectivity index (χ3v) is 3.95. The van der Waals surface area contributed by atoms with Gasteiger partial charge in [0.25, 0.3) is 0 Å². The van der Waals surface area contributed by atoms with Gasteiger partial charge in [0.05, 0.1) is 0 Å². The minimum Gasteiger partial charge on any atom is -0.367 e. The second kappa shape index (κ2) is 3.65. The van der Waals surface area contributed by atoms with E-state index in [0.29, 0.717) is 5.92 Å². The Morgan fingerprint density at radius 2 is 2.29 bits per heavy atom. The van der Waals surface area contributed by atoms with E-state index in [0.717, 1.165) is 25.4 Å². The highest BCUT2D eigenvalue weighted by atomic mass is 16.5. The first kappa shape index (κ1) is 10.2. The molecule has 2 rings (SSSR count). The number of Topliss-reactive ketones (excluding diaryl/α,β-unsaturated/α-hetero) is 1. The van der Waals surface area contributed by atoms with Gasteiger partial charge in [0.1, 0.15) is 5.60 Å². The van der Waals surface area contributed by atoms with E-state index in [2.05, 4.69) is 6.92 Å². The summed E-state index contributed by atoms with van der Waals surface area (Å²) in [6.07, 6.45) is 5.74. The third-order valence-electron chi connectivity index (χ3n) is 3.95. The first-order valence-electron chi connectivity index (χ1n) is 5.84. The lowest BCUT2D eigenvalue weighted by molar-refractivity contribution is -0.150. The molecule has 3 unspecified atom stereocenters. The first-order chi connectivity index (χ1) is 6.69. The zero-order chi connectivity index (χ0) is 10.2. The fourth-order valence-corrected chi connectivity index (χ4v) is 3.27. The van der Waals surface area contributed by atoms with E-state index < -0.39 is 0 Å². The van der Waals surface area contributed by atoms with Crippen molar-refractivity contribution < 1.29 is 9.53 Å². The minimum atomic E-state index is -0.376. The zero-order valence-corrected chi connectivity index (χ0v) is 9.21. The quantitative estimate of drug-likeness (QED) is 0.690. The van der Waals surface area contributed by atoms with Crippen molar-refractivity contribution in [3.05, 3.63) is 0 Å². The SMILES string of the molecule is CCCOC1(C(C)=O)CC2CCC1C2. The largest absolute Gasteiger partial charge is 0.367 e. The Morgan fingerprint density at radius 1 is 1.50 bits per heavy atom. The van der Waals surface area contributed by atoms with Crippen molar-refractivity contribution in [3.8, 4) is 0 Å². The van der Waals surface area contributed by atoms with Crippen molar-refractivity contribution in [1.82, 2.24) is 0 Å². The molecule has 2 fully saturated rings. The first-order valence-corrected chi connectivity index (χ1v) is 5.84. The van der Waals surface area contributed by atoms with Crippen LogP contribution in [-0.4, -0.2) is 18.0 Å². The van der Waals surface area contributed by atoms with Gasteiger partial charge in [0, 0.05) is 6.61 Å². The molecule has 0 spiro atoms. The molecule has 0 radical (unpaired) electrons. The average Bonchev–Trinajstić information content (AvgIpc) is 2.74. The normalized spacial score (nSPS) is 40.4. The van der Waals surface area contributed by atoms with Gasteiger partial charge in [-0.25, -0.2) is 0 Å². The molecule has 0 saturated heterocycles.